The summed E-state index contributed by atoms with van der Waals surface area (Å²) in [6.07, 6.45) is 0. The number of halogens is 1. The first kappa shape index (κ1) is 8.34. The van der Waals surface area contributed by atoms with Gasteiger partial charge in [-0.05, 0) is 40.8 Å². The maximum atomic E-state index is 8.22. The molecule has 1 rings (SSSR count). The lowest BCUT2D eigenvalue weighted by Crippen LogP contribution is -1.92. The van der Waals surface area contributed by atoms with Crippen LogP contribution in [0.2, 0.25) is 0 Å². The van der Waals surface area contributed by atoms with E-state index in [0.29, 0.717) is 0 Å². The molecule has 0 heterocycles. The van der Waals surface area contributed by atoms with E-state index in [1.165, 1.54) is 0 Å². The first-order valence-electron chi connectivity index (χ1n) is 3.08. The molecule has 3 heteroatoms. The minimum atomic E-state index is 0.111. The molecule has 1 aromatic carbocycles. The molecule has 0 spiro atoms. The van der Waals surface area contributed by atoms with Gasteiger partial charge in [0.25, 0.3) is 0 Å². The summed E-state index contributed by atoms with van der Waals surface area (Å²) in [5.74, 6) is 0.749. The molecule has 0 atom stereocenters. The molecule has 0 N–H and O–H groups in total. The SMILES string of the molecule is N#CCOc1cccc(I)c1. The molecule has 56 valence electrons. The normalized spacial score (nSPS) is 8.73. The van der Waals surface area contributed by atoms with Crippen LogP contribution in [0, 0.1) is 14.9 Å². The fraction of sp³-hybridized carbons (Fsp3) is 0.125. The molecule has 0 aliphatic rings. The molecule has 0 fully saturated rings. The van der Waals surface area contributed by atoms with Crippen LogP contribution >= 0.6 is 22.6 Å². The Hall–Kier alpha value is -0.760. The summed E-state index contributed by atoms with van der Waals surface area (Å²) in [4.78, 5) is 0. The molecule has 0 amide bonds. The lowest BCUT2D eigenvalue weighted by Gasteiger charge is -1.99. The third-order valence-electron chi connectivity index (χ3n) is 1.10. The molecule has 0 unspecified atom stereocenters. The quantitative estimate of drug-likeness (QED) is 0.762. The van der Waals surface area contributed by atoms with Gasteiger partial charge in [0.1, 0.15) is 11.8 Å². The Labute approximate surface area is 78.9 Å². The molecular formula is C8H6INO. The van der Waals surface area contributed by atoms with Crippen LogP contribution in [0.5, 0.6) is 5.75 Å². The number of hydrogen-bond acceptors (Lipinski definition) is 2. The highest BCUT2D eigenvalue weighted by molar-refractivity contribution is 14.1. The number of nitrogens with zero attached hydrogens (tertiary/aromatic N) is 1. The lowest BCUT2D eigenvalue weighted by atomic mass is 10.3. The minimum Gasteiger partial charge on any atom is -0.479 e. The number of ether oxygens (including phenoxy) is 1. The number of nitriles is 1. The van der Waals surface area contributed by atoms with Crippen molar-refractivity contribution in [1.82, 2.24) is 0 Å². The zero-order valence-electron chi connectivity index (χ0n) is 5.75. The highest BCUT2D eigenvalue weighted by atomic mass is 127. The van der Waals surface area contributed by atoms with Gasteiger partial charge in [-0.25, -0.2) is 0 Å². The van der Waals surface area contributed by atoms with E-state index < -0.39 is 0 Å². The van der Waals surface area contributed by atoms with E-state index in [-0.39, 0.29) is 6.61 Å². The summed E-state index contributed by atoms with van der Waals surface area (Å²) in [5.41, 5.74) is 0. The second-order valence-electron chi connectivity index (χ2n) is 1.90. The van der Waals surface area contributed by atoms with Gasteiger partial charge in [-0.15, -0.1) is 0 Å². The molecule has 0 radical (unpaired) electrons. The van der Waals surface area contributed by atoms with E-state index in [0.717, 1.165) is 9.32 Å². The van der Waals surface area contributed by atoms with E-state index >= 15 is 0 Å². The summed E-state index contributed by atoms with van der Waals surface area (Å²) in [6.45, 7) is 0.111. The van der Waals surface area contributed by atoms with Crippen LogP contribution in [0.4, 0.5) is 0 Å². The Kier molecular flexibility index (Phi) is 3.17. The van der Waals surface area contributed by atoms with Crippen LogP contribution in [-0.2, 0) is 0 Å². The average Bonchev–Trinajstić information content (AvgIpc) is 2.01. The fourth-order valence-electron chi connectivity index (χ4n) is 0.672. The van der Waals surface area contributed by atoms with E-state index in [1.807, 2.05) is 30.3 Å². The molecule has 0 saturated carbocycles. The molecule has 11 heavy (non-hydrogen) atoms. The predicted octanol–water partition coefficient (Wildman–Crippen LogP) is 2.19. The maximum absolute atomic E-state index is 8.22. The largest absolute Gasteiger partial charge is 0.479 e. The van der Waals surface area contributed by atoms with Gasteiger partial charge in [0.2, 0.25) is 0 Å². The molecular weight excluding hydrogens is 253 g/mol. The lowest BCUT2D eigenvalue weighted by molar-refractivity contribution is 0.368. The highest BCUT2D eigenvalue weighted by Gasteiger charge is 1.91. The highest BCUT2D eigenvalue weighted by Crippen LogP contribution is 2.14. The summed E-state index contributed by atoms with van der Waals surface area (Å²) in [5, 5.41) is 8.22. The zero-order chi connectivity index (χ0) is 8.10. The summed E-state index contributed by atoms with van der Waals surface area (Å²) in [6, 6.07) is 9.50. The van der Waals surface area contributed by atoms with Crippen LogP contribution in [0.15, 0.2) is 24.3 Å². The van der Waals surface area contributed by atoms with Crippen molar-refractivity contribution >= 4 is 22.6 Å². The van der Waals surface area contributed by atoms with Crippen LogP contribution < -0.4 is 4.74 Å². The van der Waals surface area contributed by atoms with Crippen LogP contribution in [0.3, 0.4) is 0 Å². The predicted molar refractivity (Wildman–Crippen MR) is 50.3 cm³/mol. The van der Waals surface area contributed by atoms with Gasteiger partial charge < -0.3 is 4.74 Å². The molecule has 0 bridgehead atoms. The monoisotopic (exact) mass is 259 g/mol. The van der Waals surface area contributed by atoms with Crippen molar-refractivity contribution in [3.8, 4) is 11.8 Å². The fourth-order valence-corrected chi connectivity index (χ4v) is 1.19. The van der Waals surface area contributed by atoms with Crippen LogP contribution in [0.25, 0.3) is 0 Å². The van der Waals surface area contributed by atoms with Crippen molar-refractivity contribution in [2.75, 3.05) is 6.61 Å². The Morgan fingerprint density at radius 3 is 3.00 bits per heavy atom. The molecule has 1 aromatic rings. The van der Waals surface area contributed by atoms with E-state index in [2.05, 4.69) is 22.6 Å². The van der Waals surface area contributed by atoms with E-state index in [4.69, 9.17) is 10.00 Å². The van der Waals surface area contributed by atoms with Gasteiger partial charge >= 0.3 is 0 Å². The van der Waals surface area contributed by atoms with Crippen LogP contribution in [0.1, 0.15) is 0 Å². The summed E-state index contributed by atoms with van der Waals surface area (Å²) in [7, 11) is 0. The topological polar surface area (TPSA) is 33.0 Å². The smallest absolute Gasteiger partial charge is 0.174 e. The molecule has 0 aliphatic carbocycles. The molecule has 0 saturated heterocycles. The third kappa shape index (κ3) is 2.76. The van der Waals surface area contributed by atoms with Crippen LogP contribution in [-0.4, -0.2) is 6.61 Å². The Bertz CT molecular complexity index is 280. The van der Waals surface area contributed by atoms with Gasteiger partial charge in [0, 0.05) is 3.57 Å². The van der Waals surface area contributed by atoms with Crippen molar-refractivity contribution in [3.63, 3.8) is 0 Å². The van der Waals surface area contributed by atoms with Gasteiger partial charge in [-0.1, -0.05) is 6.07 Å². The Morgan fingerprint density at radius 1 is 1.55 bits per heavy atom. The minimum absolute atomic E-state index is 0.111. The van der Waals surface area contributed by atoms with Gasteiger partial charge in [0.05, 0.1) is 0 Å². The van der Waals surface area contributed by atoms with Crippen molar-refractivity contribution < 1.29 is 4.74 Å². The standard InChI is InChI=1S/C8H6INO/c9-7-2-1-3-8(6-7)11-5-4-10/h1-3,6H,5H2. The number of benzene rings is 1. The molecule has 0 aliphatic heterocycles. The first-order valence-corrected chi connectivity index (χ1v) is 4.16. The number of hydrogen-bond donors (Lipinski definition) is 0. The van der Waals surface area contributed by atoms with Crippen molar-refractivity contribution in [2.45, 2.75) is 0 Å². The second kappa shape index (κ2) is 4.19. The van der Waals surface area contributed by atoms with E-state index in [9.17, 15) is 0 Å². The van der Waals surface area contributed by atoms with Gasteiger partial charge in [0.15, 0.2) is 6.61 Å². The molecule has 2 nitrogen and oxygen atoms in total. The van der Waals surface area contributed by atoms with Crippen molar-refractivity contribution in [1.29, 1.82) is 5.26 Å². The third-order valence-corrected chi connectivity index (χ3v) is 1.77. The van der Waals surface area contributed by atoms with E-state index in [1.54, 1.807) is 0 Å². The summed E-state index contributed by atoms with van der Waals surface area (Å²) < 4.78 is 6.18. The van der Waals surface area contributed by atoms with Crippen molar-refractivity contribution in [2.24, 2.45) is 0 Å². The van der Waals surface area contributed by atoms with Crippen molar-refractivity contribution in [3.05, 3.63) is 27.8 Å². The van der Waals surface area contributed by atoms with Gasteiger partial charge in [-0.3, -0.25) is 0 Å². The first-order chi connectivity index (χ1) is 5.33. The Balaban J connectivity index is 2.65. The average molecular weight is 259 g/mol. The van der Waals surface area contributed by atoms with Gasteiger partial charge in [-0.2, -0.15) is 5.26 Å². The Morgan fingerprint density at radius 2 is 2.36 bits per heavy atom. The second-order valence-corrected chi connectivity index (χ2v) is 3.15. The maximum Gasteiger partial charge on any atom is 0.174 e. The number of rotatable bonds is 2. The summed E-state index contributed by atoms with van der Waals surface area (Å²) >= 11 is 2.19. The zero-order valence-corrected chi connectivity index (χ0v) is 7.91. The molecule has 0 aromatic heterocycles.